The maximum atomic E-state index is 11.2. The highest BCUT2D eigenvalue weighted by atomic mass is 16.4. The summed E-state index contributed by atoms with van der Waals surface area (Å²) >= 11 is 0. The summed E-state index contributed by atoms with van der Waals surface area (Å²) in [4.78, 5) is 11.2. The third-order valence-corrected chi connectivity index (χ3v) is 1.91. The zero-order valence-corrected chi connectivity index (χ0v) is 8.05. The fraction of sp³-hybridized carbons (Fsp3) is 0.300. The zero-order valence-electron chi connectivity index (χ0n) is 8.05. The van der Waals surface area contributed by atoms with Crippen molar-refractivity contribution in [2.24, 2.45) is 5.16 Å². The molecule has 1 aromatic rings. The van der Waals surface area contributed by atoms with Gasteiger partial charge in [-0.3, -0.25) is 4.79 Å². The average molecular weight is 193 g/mol. The first-order chi connectivity index (χ1) is 6.77. The molecule has 1 aromatic heterocycles. The van der Waals surface area contributed by atoms with Gasteiger partial charge in [-0.1, -0.05) is 12.1 Å². The van der Waals surface area contributed by atoms with E-state index in [2.05, 4.69) is 5.16 Å². The van der Waals surface area contributed by atoms with Crippen LogP contribution in [0.5, 0.6) is 0 Å². The van der Waals surface area contributed by atoms with Crippen LogP contribution < -0.4 is 4.57 Å². The van der Waals surface area contributed by atoms with Gasteiger partial charge in [-0.2, -0.15) is 4.57 Å². The van der Waals surface area contributed by atoms with Crippen LogP contribution >= 0.6 is 0 Å². The molecule has 14 heavy (non-hydrogen) atoms. The number of oxime groups is 1. The van der Waals surface area contributed by atoms with Crippen LogP contribution in [0.4, 0.5) is 0 Å². The van der Waals surface area contributed by atoms with E-state index in [0.29, 0.717) is 18.7 Å². The molecule has 0 radical (unpaired) electrons. The van der Waals surface area contributed by atoms with Crippen LogP contribution in [0, 0.1) is 0 Å². The summed E-state index contributed by atoms with van der Waals surface area (Å²) in [5.41, 5.74) is 0.705. The number of pyridine rings is 1. The minimum Gasteiger partial charge on any atom is -0.411 e. The van der Waals surface area contributed by atoms with Crippen molar-refractivity contribution >= 4 is 12.0 Å². The van der Waals surface area contributed by atoms with Gasteiger partial charge in [-0.25, -0.2) is 0 Å². The Kier molecular flexibility index (Phi) is 3.79. The Morgan fingerprint density at radius 1 is 1.64 bits per heavy atom. The lowest BCUT2D eigenvalue weighted by Crippen LogP contribution is -2.41. The monoisotopic (exact) mass is 193 g/mol. The Bertz CT molecular complexity index is 348. The smallest absolute Gasteiger partial charge is 0.227 e. The first kappa shape index (κ1) is 10.4. The van der Waals surface area contributed by atoms with E-state index in [1.165, 1.54) is 6.21 Å². The SMILES string of the molecule is CCC(=O)C[n+]1ccccc1C=NO. The lowest BCUT2D eigenvalue weighted by molar-refractivity contribution is -0.685. The number of nitrogens with zero attached hydrogens (tertiary/aromatic N) is 2. The molecular formula is C10H13N2O2+. The molecule has 0 unspecified atom stereocenters. The normalized spacial score (nSPS) is 10.6. The van der Waals surface area contributed by atoms with Crippen molar-refractivity contribution in [1.82, 2.24) is 0 Å². The lowest BCUT2D eigenvalue weighted by atomic mass is 10.3. The van der Waals surface area contributed by atoms with Gasteiger partial charge in [0.25, 0.3) is 0 Å². The summed E-state index contributed by atoms with van der Waals surface area (Å²) in [6.07, 6.45) is 3.60. The molecule has 0 atom stereocenters. The second-order valence-electron chi connectivity index (χ2n) is 2.89. The molecule has 0 aliphatic carbocycles. The predicted molar refractivity (Wildman–Crippen MR) is 51.3 cm³/mol. The molecule has 0 amide bonds. The van der Waals surface area contributed by atoms with Gasteiger partial charge >= 0.3 is 0 Å². The molecule has 0 spiro atoms. The van der Waals surface area contributed by atoms with Gasteiger partial charge in [0.1, 0.15) is 6.21 Å². The van der Waals surface area contributed by atoms with Crippen LogP contribution in [-0.2, 0) is 11.3 Å². The second-order valence-corrected chi connectivity index (χ2v) is 2.89. The predicted octanol–water partition coefficient (Wildman–Crippen LogP) is 0.761. The largest absolute Gasteiger partial charge is 0.411 e. The van der Waals surface area contributed by atoms with Crippen LogP contribution in [0.1, 0.15) is 19.0 Å². The van der Waals surface area contributed by atoms with E-state index in [1.807, 2.05) is 19.1 Å². The topological polar surface area (TPSA) is 53.5 Å². The summed E-state index contributed by atoms with van der Waals surface area (Å²) in [7, 11) is 0. The standard InChI is InChI=1S/C10H12N2O2/c1-2-10(13)8-12-6-4-3-5-9(12)7-11-14/h3-7H,2,8H2,1H3/p+1. The van der Waals surface area contributed by atoms with E-state index >= 15 is 0 Å². The molecule has 1 heterocycles. The Morgan fingerprint density at radius 2 is 2.43 bits per heavy atom. The Balaban J connectivity index is 2.89. The molecule has 0 saturated heterocycles. The summed E-state index contributed by atoms with van der Waals surface area (Å²) in [5, 5.41) is 11.3. The van der Waals surface area contributed by atoms with Gasteiger partial charge in [-0.15, -0.1) is 0 Å². The minimum atomic E-state index is 0.147. The van der Waals surface area contributed by atoms with E-state index in [0.717, 1.165) is 0 Å². The van der Waals surface area contributed by atoms with Gasteiger partial charge in [0.2, 0.25) is 12.2 Å². The van der Waals surface area contributed by atoms with Crippen molar-refractivity contribution in [3.8, 4) is 0 Å². The first-order valence-electron chi connectivity index (χ1n) is 4.45. The van der Waals surface area contributed by atoms with Crippen molar-refractivity contribution < 1.29 is 14.6 Å². The first-order valence-corrected chi connectivity index (χ1v) is 4.45. The highest BCUT2D eigenvalue weighted by Crippen LogP contribution is 1.89. The summed E-state index contributed by atoms with van der Waals surface area (Å²) in [6, 6.07) is 5.43. The number of carbonyl (C=O) groups excluding carboxylic acids is 1. The Hall–Kier alpha value is -1.71. The van der Waals surface area contributed by atoms with Crippen LogP contribution in [0.25, 0.3) is 0 Å². The number of hydrogen-bond acceptors (Lipinski definition) is 3. The average Bonchev–Trinajstić information content (AvgIpc) is 2.21. The van der Waals surface area contributed by atoms with Gasteiger partial charge < -0.3 is 5.21 Å². The Labute approximate surface area is 82.5 Å². The third kappa shape index (κ3) is 2.65. The molecule has 0 aliphatic rings. The van der Waals surface area contributed by atoms with E-state index < -0.39 is 0 Å². The third-order valence-electron chi connectivity index (χ3n) is 1.91. The Morgan fingerprint density at radius 3 is 3.07 bits per heavy atom. The van der Waals surface area contributed by atoms with Crippen LogP contribution in [0.3, 0.4) is 0 Å². The number of aromatic nitrogens is 1. The fourth-order valence-electron chi connectivity index (χ4n) is 1.11. The van der Waals surface area contributed by atoms with E-state index in [-0.39, 0.29) is 5.78 Å². The number of hydrogen-bond donors (Lipinski definition) is 1. The highest BCUT2D eigenvalue weighted by molar-refractivity contribution is 5.77. The molecule has 74 valence electrons. The summed E-state index contributed by atoms with van der Waals surface area (Å²) < 4.78 is 1.74. The number of Topliss-reactive ketones (excluding diaryl/α,β-unsaturated/α-hetero) is 1. The molecule has 4 heteroatoms. The van der Waals surface area contributed by atoms with E-state index in [9.17, 15) is 4.79 Å². The maximum absolute atomic E-state index is 11.2. The summed E-state index contributed by atoms with van der Waals surface area (Å²) in [6.45, 7) is 2.14. The number of rotatable bonds is 4. The number of carbonyl (C=O) groups is 1. The van der Waals surface area contributed by atoms with E-state index in [1.54, 1.807) is 16.8 Å². The highest BCUT2D eigenvalue weighted by Gasteiger charge is 2.11. The van der Waals surface area contributed by atoms with Crippen LogP contribution in [-0.4, -0.2) is 17.2 Å². The molecule has 1 rings (SSSR count). The quantitative estimate of drug-likeness (QED) is 0.332. The molecular weight excluding hydrogens is 180 g/mol. The van der Waals surface area contributed by atoms with Gasteiger partial charge in [0.05, 0.1) is 0 Å². The fourth-order valence-corrected chi connectivity index (χ4v) is 1.11. The maximum Gasteiger partial charge on any atom is 0.227 e. The van der Waals surface area contributed by atoms with Gasteiger partial charge in [0.15, 0.2) is 12.0 Å². The molecule has 4 nitrogen and oxygen atoms in total. The van der Waals surface area contributed by atoms with Crippen LogP contribution in [0.15, 0.2) is 29.6 Å². The number of ketones is 1. The minimum absolute atomic E-state index is 0.147. The molecule has 0 saturated carbocycles. The molecule has 0 fully saturated rings. The molecule has 0 bridgehead atoms. The zero-order chi connectivity index (χ0) is 10.4. The van der Waals surface area contributed by atoms with Gasteiger partial charge in [-0.05, 0) is 6.07 Å². The van der Waals surface area contributed by atoms with Gasteiger partial charge in [0, 0.05) is 18.6 Å². The summed E-state index contributed by atoms with van der Waals surface area (Å²) in [5.74, 6) is 0.147. The van der Waals surface area contributed by atoms with E-state index in [4.69, 9.17) is 5.21 Å². The molecule has 1 N–H and O–H groups in total. The molecule has 0 aromatic carbocycles. The lowest BCUT2D eigenvalue weighted by Gasteiger charge is -1.97. The van der Waals surface area contributed by atoms with Crippen molar-refractivity contribution in [3.63, 3.8) is 0 Å². The van der Waals surface area contributed by atoms with Crippen LogP contribution in [0.2, 0.25) is 0 Å². The van der Waals surface area contributed by atoms with Crippen molar-refractivity contribution in [2.45, 2.75) is 19.9 Å². The van der Waals surface area contributed by atoms with Crippen molar-refractivity contribution in [3.05, 3.63) is 30.1 Å². The second kappa shape index (κ2) is 5.11. The van der Waals surface area contributed by atoms with Crippen molar-refractivity contribution in [1.29, 1.82) is 0 Å². The molecule has 0 aliphatic heterocycles. The van der Waals surface area contributed by atoms with Crippen molar-refractivity contribution in [2.75, 3.05) is 0 Å².